The molecule has 0 radical (unpaired) electrons. The first-order valence-electron chi connectivity index (χ1n) is 9.05. The summed E-state index contributed by atoms with van der Waals surface area (Å²) < 4.78 is 13.6. The van der Waals surface area contributed by atoms with Crippen LogP contribution in [0.25, 0.3) is 0 Å². The van der Waals surface area contributed by atoms with Crippen molar-refractivity contribution < 1.29 is 4.39 Å². The van der Waals surface area contributed by atoms with Gasteiger partial charge in [0.1, 0.15) is 11.6 Å². The number of hydrogen-bond donors (Lipinski definition) is 2. The molecule has 2 N–H and O–H groups in total. The Hall–Kier alpha value is -1.90. The van der Waals surface area contributed by atoms with Crippen LogP contribution in [0.5, 0.6) is 0 Å². The zero-order valence-electron chi connectivity index (χ0n) is 15.8. The molecular weight excluding hydrogens is 456 g/mol. The number of benzene rings is 1. The molecule has 0 bridgehead atoms. The Labute approximate surface area is 177 Å². The Morgan fingerprint density at radius 2 is 1.78 bits per heavy atom. The van der Waals surface area contributed by atoms with Gasteiger partial charge in [0.15, 0.2) is 5.96 Å². The van der Waals surface area contributed by atoms with Crippen molar-refractivity contribution in [1.29, 1.82) is 0 Å². The number of nitrogens with zero attached hydrogens (tertiary/aromatic N) is 3. The summed E-state index contributed by atoms with van der Waals surface area (Å²) >= 11 is 0. The molecule has 1 aromatic heterocycles. The van der Waals surface area contributed by atoms with E-state index in [4.69, 9.17) is 0 Å². The largest absolute Gasteiger partial charge is 0.357 e. The van der Waals surface area contributed by atoms with Gasteiger partial charge in [0, 0.05) is 39.4 Å². The number of pyridine rings is 1. The monoisotopic (exact) mass is 483 g/mol. The molecule has 0 amide bonds. The van der Waals surface area contributed by atoms with Gasteiger partial charge in [-0.05, 0) is 54.7 Å². The lowest BCUT2D eigenvalue weighted by Crippen LogP contribution is -2.36. The Balaban J connectivity index is 0.00000261. The Morgan fingerprint density at radius 3 is 2.41 bits per heavy atom. The van der Waals surface area contributed by atoms with E-state index in [1.54, 1.807) is 26.1 Å². The maximum absolute atomic E-state index is 13.6. The Bertz CT molecular complexity index is 775. The maximum Gasteiger partial charge on any atom is 0.191 e. The van der Waals surface area contributed by atoms with E-state index in [2.05, 4.69) is 31.6 Å². The highest BCUT2D eigenvalue weighted by Crippen LogP contribution is 2.18. The van der Waals surface area contributed by atoms with Crippen molar-refractivity contribution in [2.75, 3.05) is 25.0 Å². The third kappa shape index (κ3) is 6.05. The lowest BCUT2D eigenvalue weighted by atomic mass is 10.1. The van der Waals surface area contributed by atoms with Gasteiger partial charge in [-0.3, -0.25) is 4.99 Å². The van der Waals surface area contributed by atoms with Crippen LogP contribution >= 0.6 is 24.0 Å². The zero-order chi connectivity index (χ0) is 18.4. The molecule has 1 aliphatic rings. The average Bonchev–Trinajstić information content (AvgIpc) is 3.20. The molecule has 1 aromatic carbocycles. The fraction of sp³-hybridized carbons (Fsp3) is 0.400. The van der Waals surface area contributed by atoms with Gasteiger partial charge in [-0.15, -0.1) is 24.0 Å². The number of nitrogens with one attached hydrogen (secondary N) is 2. The molecule has 146 valence electrons. The zero-order valence-corrected chi connectivity index (χ0v) is 18.2. The van der Waals surface area contributed by atoms with E-state index in [0.717, 1.165) is 30.0 Å². The number of rotatable bonds is 5. The molecule has 0 saturated carbocycles. The fourth-order valence-electron chi connectivity index (χ4n) is 3.03. The molecule has 0 atom stereocenters. The number of guanidine groups is 1. The maximum atomic E-state index is 13.6. The molecule has 7 heteroatoms. The SMILES string of the molecule is CN=C(NCc1ccnc(N2CCCC2)c1)NCc1ccc(C)c(F)c1.I. The molecule has 1 saturated heterocycles. The van der Waals surface area contributed by atoms with Gasteiger partial charge >= 0.3 is 0 Å². The predicted molar refractivity (Wildman–Crippen MR) is 119 cm³/mol. The second kappa shape index (κ2) is 10.4. The van der Waals surface area contributed by atoms with Crippen LogP contribution in [-0.4, -0.2) is 31.1 Å². The molecule has 0 aliphatic carbocycles. The van der Waals surface area contributed by atoms with Crippen molar-refractivity contribution in [3.8, 4) is 0 Å². The van der Waals surface area contributed by atoms with Crippen molar-refractivity contribution in [1.82, 2.24) is 15.6 Å². The summed E-state index contributed by atoms with van der Waals surface area (Å²) in [4.78, 5) is 11.0. The second-order valence-electron chi connectivity index (χ2n) is 6.58. The number of aryl methyl sites for hydroxylation is 1. The van der Waals surface area contributed by atoms with Gasteiger partial charge < -0.3 is 15.5 Å². The number of anilines is 1. The van der Waals surface area contributed by atoms with Crippen LogP contribution in [0.1, 0.15) is 29.5 Å². The van der Waals surface area contributed by atoms with E-state index in [1.165, 1.54) is 12.8 Å². The number of aliphatic imine (C=N–C) groups is 1. The van der Waals surface area contributed by atoms with Crippen LogP contribution in [0.3, 0.4) is 0 Å². The molecule has 1 fully saturated rings. The van der Waals surface area contributed by atoms with Crippen LogP contribution in [0.4, 0.5) is 10.2 Å². The summed E-state index contributed by atoms with van der Waals surface area (Å²) in [6, 6.07) is 9.40. The first kappa shape index (κ1) is 21.4. The van der Waals surface area contributed by atoms with E-state index < -0.39 is 0 Å². The molecule has 0 unspecified atom stereocenters. The van der Waals surface area contributed by atoms with E-state index in [1.807, 2.05) is 18.3 Å². The van der Waals surface area contributed by atoms with Crippen molar-refractivity contribution in [2.45, 2.75) is 32.9 Å². The highest BCUT2D eigenvalue weighted by atomic mass is 127. The van der Waals surface area contributed by atoms with E-state index >= 15 is 0 Å². The van der Waals surface area contributed by atoms with E-state index in [9.17, 15) is 4.39 Å². The Morgan fingerprint density at radius 1 is 1.11 bits per heavy atom. The first-order valence-corrected chi connectivity index (χ1v) is 9.05. The van der Waals surface area contributed by atoms with Gasteiger partial charge in [0.25, 0.3) is 0 Å². The molecule has 3 rings (SSSR count). The van der Waals surface area contributed by atoms with Gasteiger partial charge in [0.05, 0.1) is 0 Å². The van der Waals surface area contributed by atoms with E-state index in [-0.39, 0.29) is 29.8 Å². The van der Waals surface area contributed by atoms with Crippen LogP contribution < -0.4 is 15.5 Å². The minimum absolute atomic E-state index is 0. The average molecular weight is 483 g/mol. The smallest absolute Gasteiger partial charge is 0.191 e. The summed E-state index contributed by atoms with van der Waals surface area (Å²) in [7, 11) is 1.73. The third-order valence-electron chi connectivity index (χ3n) is 4.62. The van der Waals surface area contributed by atoms with E-state index in [0.29, 0.717) is 24.6 Å². The molecule has 2 heterocycles. The van der Waals surface area contributed by atoms with Gasteiger partial charge in [-0.1, -0.05) is 12.1 Å². The summed E-state index contributed by atoms with van der Waals surface area (Å²) in [5.41, 5.74) is 2.70. The predicted octanol–water partition coefficient (Wildman–Crippen LogP) is 3.61. The van der Waals surface area contributed by atoms with Crippen LogP contribution in [-0.2, 0) is 13.1 Å². The second-order valence-corrected chi connectivity index (χ2v) is 6.58. The van der Waals surface area contributed by atoms with Crippen molar-refractivity contribution in [3.63, 3.8) is 0 Å². The third-order valence-corrected chi connectivity index (χ3v) is 4.62. The van der Waals surface area contributed by atoms with Crippen molar-refractivity contribution in [2.24, 2.45) is 4.99 Å². The molecule has 5 nitrogen and oxygen atoms in total. The number of aromatic nitrogens is 1. The highest BCUT2D eigenvalue weighted by molar-refractivity contribution is 14.0. The quantitative estimate of drug-likeness (QED) is 0.388. The lowest BCUT2D eigenvalue weighted by molar-refractivity contribution is 0.615. The fourth-order valence-corrected chi connectivity index (χ4v) is 3.03. The Kier molecular flexibility index (Phi) is 8.27. The summed E-state index contributed by atoms with van der Waals surface area (Å²) in [5.74, 6) is 1.55. The highest BCUT2D eigenvalue weighted by Gasteiger charge is 2.13. The molecule has 27 heavy (non-hydrogen) atoms. The molecule has 1 aliphatic heterocycles. The van der Waals surface area contributed by atoms with Crippen LogP contribution in [0.2, 0.25) is 0 Å². The molecule has 2 aromatic rings. The topological polar surface area (TPSA) is 52.6 Å². The van der Waals surface area contributed by atoms with Crippen molar-refractivity contribution in [3.05, 3.63) is 59.0 Å². The summed E-state index contributed by atoms with van der Waals surface area (Å²) in [6.45, 7) is 5.11. The van der Waals surface area contributed by atoms with Gasteiger partial charge in [-0.25, -0.2) is 9.37 Å². The van der Waals surface area contributed by atoms with Gasteiger partial charge in [0.2, 0.25) is 0 Å². The summed E-state index contributed by atoms with van der Waals surface area (Å²) in [5, 5.41) is 6.52. The standard InChI is InChI=1S/C20H26FN5.HI/c1-15-5-6-16(11-18(15)21)13-24-20(22-2)25-14-17-7-8-23-19(12-17)26-9-3-4-10-26;/h5-8,11-12H,3-4,9-10,13-14H2,1-2H3,(H2,22,24,25);1H. The normalized spacial score (nSPS) is 14.0. The lowest BCUT2D eigenvalue weighted by Gasteiger charge is -2.17. The molecular formula is C20H27FIN5. The minimum Gasteiger partial charge on any atom is -0.357 e. The van der Waals surface area contributed by atoms with Crippen molar-refractivity contribution >= 4 is 35.8 Å². The van der Waals surface area contributed by atoms with Gasteiger partial charge in [-0.2, -0.15) is 0 Å². The number of halogens is 2. The molecule has 0 spiro atoms. The minimum atomic E-state index is -0.182. The van der Waals surface area contributed by atoms with Crippen LogP contribution in [0, 0.1) is 12.7 Å². The van der Waals surface area contributed by atoms with Crippen LogP contribution in [0.15, 0.2) is 41.5 Å². The first-order chi connectivity index (χ1) is 12.7. The summed E-state index contributed by atoms with van der Waals surface area (Å²) in [6.07, 6.45) is 4.33. The number of hydrogen-bond acceptors (Lipinski definition) is 3.